The predicted octanol–water partition coefficient (Wildman–Crippen LogP) is 2.52. The molecule has 1 aromatic rings. The van der Waals surface area contributed by atoms with Crippen molar-refractivity contribution in [1.29, 1.82) is 0 Å². The molecule has 0 radical (unpaired) electrons. The van der Waals surface area contributed by atoms with Crippen LogP contribution in [-0.2, 0) is 0 Å². The summed E-state index contributed by atoms with van der Waals surface area (Å²) in [4.78, 5) is 25.4. The van der Waals surface area contributed by atoms with Crippen LogP contribution >= 0.6 is 0 Å². The second-order valence-electron chi connectivity index (χ2n) is 7.17. The summed E-state index contributed by atoms with van der Waals surface area (Å²) < 4.78 is 0. The van der Waals surface area contributed by atoms with Gasteiger partial charge in [-0.3, -0.25) is 4.90 Å². The summed E-state index contributed by atoms with van der Waals surface area (Å²) in [5.41, 5.74) is 0.394. The SMILES string of the molecule is CC(C)CCC(C)(O)CNC(=O)Nc1cccc(N2CCNC2=O)c1. The molecule has 1 unspecified atom stereocenters. The van der Waals surface area contributed by atoms with E-state index in [1.54, 1.807) is 30.0 Å². The fourth-order valence-corrected chi connectivity index (χ4v) is 2.60. The Kier molecular flexibility index (Phi) is 6.25. The van der Waals surface area contributed by atoms with Gasteiger partial charge in [-0.05, 0) is 43.9 Å². The molecule has 7 nitrogen and oxygen atoms in total. The first-order chi connectivity index (χ1) is 11.8. The predicted molar refractivity (Wildman–Crippen MR) is 98.9 cm³/mol. The molecule has 1 heterocycles. The van der Waals surface area contributed by atoms with Gasteiger partial charge in [0.1, 0.15) is 0 Å². The van der Waals surface area contributed by atoms with Crippen molar-refractivity contribution in [3.05, 3.63) is 24.3 Å². The minimum absolute atomic E-state index is 0.136. The molecule has 0 aromatic heterocycles. The van der Waals surface area contributed by atoms with E-state index < -0.39 is 5.60 Å². The highest BCUT2D eigenvalue weighted by Gasteiger charge is 2.22. The van der Waals surface area contributed by atoms with Crippen LogP contribution in [0.3, 0.4) is 0 Å². The summed E-state index contributed by atoms with van der Waals surface area (Å²) in [6.45, 7) is 7.32. The first-order valence-corrected chi connectivity index (χ1v) is 8.69. The minimum atomic E-state index is -0.933. The summed E-state index contributed by atoms with van der Waals surface area (Å²) in [7, 11) is 0. The molecule has 1 aliphatic heterocycles. The third-order valence-corrected chi connectivity index (χ3v) is 4.16. The van der Waals surface area contributed by atoms with E-state index in [1.165, 1.54) is 0 Å². The molecule has 1 aliphatic rings. The van der Waals surface area contributed by atoms with Crippen LogP contribution in [0.2, 0.25) is 0 Å². The van der Waals surface area contributed by atoms with Crippen LogP contribution < -0.4 is 20.9 Å². The van der Waals surface area contributed by atoms with Gasteiger partial charge in [0.2, 0.25) is 0 Å². The fourth-order valence-electron chi connectivity index (χ4n) is 2.60. The molecule has 4 N–H and O–H groups in total. The quantitative estimate of drug-likeness (QED) is 0.610. The lowest BCUT2D eigenvalue weighted by Crippen LogP contribution is -2.42. The number of nitrogens with zero attached hydrogens (tertiary/aromatic N) is 1. The van der Waals surface area contributed by atoms with Crippen LogP contribution in [-0.4, -0.2) is 42.4 Å². The Balaban J connectivity index is 1.87. The molecular weight excluding hydrogens is 320 g/mol. The largest absolute Gasteiger partial charge is 0.388 e. The molecule has 0 aliphatic carbocycles. The van der Waals surface area contributed by atoms with Gasteiger partial charge in [0.05, 0.1) is 5.60 Å². The molecule has 1 atom stereocenters. The number of benzene rings is 1. The van der Waals surface area contributed by atoms with Gasteiger partial charge in [-0.25, -0.2) is 9.59 Å². The van der Waals surface area contributed by atoms with Crippen molar-refractivity contribution in [1.82, 2.24) is 10.6 Å². The number of amides is 4. The number of aliphatic hydroxyl groups is 1. The van der Waals surface area contributed by atoms with Gasteiger partial charge < -0.3 is 21.1 Å². The van der Waals surface area contributed by atoms with Gasteiger partial charge in [-0.2, -0.15) is 0 Å². The lowest BCUT2D eigenvalue weighted by atomic mass is 9.95. The molecule has 4 amide bonds. The van der Waals surface area contributed by atoms with Crippen molar-refractivity contribution >= 4 is 23.4 Å². The molecule has 1 aromatic carbocycles. The Bertz CT molecular complexity index is 616. The number of nitrogens with one attached hydrogen (secondary N) is 3. The third-order valence-electron chi connectivity index (χ3n) is 4.16. The third kappa shape index (κ3) is 5.94. The molecular formula is C18H28N4O3. The maximum absolute atomic E-state index is 12.1. The summed E-state index contributed by atoms with van der Waals surface area (Å²) in [6, 6.07) is 6.60. The Hall–Kier alpha value is -2.28. The first kappa shape index (κ1) is 19.1. The maximum Gasteiger partial charge on any atom is 0.321 e. The van der Waals surface area contributed by atoms with Crippen molar-refractivity contribution in [2.45, 2.75) is 39.2 Å². The highest BCUT2D eigenvalue weighted by molar-refractivity contribution is 5.95. The number of rotatable bonds is 7. The van der Waals surface area contributed by atoms with Gasteiger partial charge in [-0.1, -0.05) is 19.9 Å². The molecule has 1 fully saturated rings. The van der Waals surface area contributed by atoms with Crippen LogP contribution in [0.4, 0.5) is 21.0 Å². The smallest absolute Gasteiger partial charge is 0.321 e. The van der Waals surface area contributed by atoms with Crippen LogP contribution in [0.1, 0.15) is 33.6 Å². The normalized spacial score (nSPS) is 16.5. The average Bonchev–Trinajstić information content (AvgIpc) is 2.98. The maximum atomic E-state index is 12.1. The van der Waals surface area contributed by atoms with E-state index >= 15 is 0 Å². The van der Waals surface area contributed by atoms with E-state index in [9.17, 15) is 14.7 Å². The Morgan fingerprint density at radius 3 is 2.84 bits per heavy atom. The van der Waals surface area contributed by atoms with Gasteiger partial charge in [0.25, 0.3) is 0 Å². The molecule has 7 heteroatoms. The van der Waals surface area contributed by atoms with E-state index in [-0.39, 0.29) is 18.6 Å². The molecule has 2 rings (SSSR count). The van der Waals surface area contributed by atoms with Gasteiger partial charge in [0, 0.05) is 31.0 Å². The van der Waals surface area contributed by atoms with Gasteiger partial charge in [-0.15, -0.1) is 0 Å². The lowest BCUT2D eigenvalue weighted by Gasteiger charge is -2.24. The molecule has 25 heavy (non-hydrogen) atoms. The van der Waals surface area contributed by atoms with E-state index in [4.69, 9.17) is 0 Å². The van der Waals surface area contributed by atoms with Crippen molar-refractivity contribution < 1.29 is 14.7 Å². The molecule has 0 spiro atoms. The zero-order chi connectivity index (χ0) is 18.4. The average molecular weight is 348 g/mol. The van der Waals surface area contributed by atoms with Crippen molar-refractivity contribution in [3.63, 3.8) is 0 Å². The molecule has 0 saturated carbocycles. The zero-order valence-corrected chi connectivity index (χ0v) is 15.1. The second-order valence-corrected chi connectivity index (χ2v) is 7.17. The van der Waals surface area contributed by atoms with Crippen LogP contribution in [0.5, 0.6) is 0 Å². The molecule has 0 bridgehead atoms. The Labute approximate surface area is 148 Å². The highest BCUT2D eigenvalue weighted by atomic mass is 16.3. The zero-order valence-electron chi connectivity index (χ0n) is 15.1. The standard InChI is InChI=1S/C18H28N4O3/c1-13(2)7-8-18(3,25)12-20-16(23)21-14-5-4-6-15(11-14)22-10-9-19-17(22)24/h4-6,11,13,25H,7-10,12H2,1-3H3,(H,19,24)(H2,20,21,23). The Morgan fingerprint density at radius 1 is 1.44 bits per heavy atom. The van der Waals surface area contributed by atoms with Crippen molar-refractivity contribution in [2.75, 3.05) is 29.9 Å². The minimum Gasteiger partial charge on any atom is -0.388 e. The second kappa shape index (κ2) is 8.20. The van der Waals surface area contributed by atoms with E-state index in [0.717, 1.165) is 12.1 Å². The number of urea groups is 2. The van der Waals surface area contributed by atoms with Crippen LogP contribution in [0.25, 0.3) is 0 Å². The molecule has 138 valence electrons. The van der Waals surface area contributed by atoms with Gasteiger partial charge in [0.15, 0.2) is 0 Å². The monoisotopic (exact) mass is 348 g/mol. The fraction of sp³-hybridized carbons (Fsp3) is 0.556. The Morgan fingerprint density at radius 2 is 2.20 bits per heavy atom. The van der Waals surface area contributed by atoms with Gasteiger partial charge >= 0.3 is 12.1 Å². The lowest BCUT2D eigenvalue weighted by molar-refractivity contribution is 0.0481. The van der Waals surface area contributed by atoms with Crippen LogP contribution in [0, 0.1) is 5.92 Å². The van der Waals surface area contributed by atoms with E-state index in [2.05, 4.69) is 29.8 Å². The number of carbonyl (C=O) groups excluding carboxylic acids is 2. The summed E-state index contributed by atoms with van der Waals surface area (Å²) in [6.07, 6.45) is 1.53. The number of hydrogen-bond donors (Lipinski definition) is 4. The summed E-state index contributed by atoms with van der Waals surface area (Å²) in [5, 5.41) is 18.5. The summed E-state index contributed by atoms with van der Waals surface area (Å²) in [5.74, 6) is 0.505. The topological polar surface area (TPSA) is 93.7 Å². The van der Waals surface area contributed by atoms with E-state index in [0.29, 0.717) is 31.1 Å². The highest BCUT2D eigenvalue weighted by Crippen LogP contribution is 2.21. The number of anilines is 2. The van der Waals surface area contributed by atoms with E-state index in [1.807, 2.05) is 6.07 Å². The number of carbonyl (C=O) groups is 2. The number of hydrogen-bond acceptors (Lipinski definition) is 3. The molecule has 1 saturated heterocycles. The summed E-state index contributed by atoms with van der Waals surface area (Å²) >= 11 is 0. The van der Waals surface area contributed by atoms with Crippen molar-refractivity contribution in [2.24, 2.45) is 5.92 Å². The van der Waals surface area contributed by atoms with Crippen LogP contribution in [0.15, 0.2) is 24.3 Å². The first-order valence-electron chi connectivity index (χ1n) is 8.69. The van der Waals surface area contributed by atoms with Crippen molar-refractivity contribution in [3.8, 4) is 0 Å².